The molecule has 0 aliphatic heterocycles. The second-order valence-corrected chi connectivity index (χ2v) is 4.71. The summed E-state index contributed by atoms with van der Waals surface area (Å²) in [7, 11) is 0. The third kappa shape index (κ3) is 4.54. The Kier molecular flexibility index (Phi) is 5.98. The van der Waals surface area contributed by atoms with Gasteiger partial charge in [-0.2, -0.15) is 5.26 Å². The van der Waals surface area contributed by atoms with Crippen LogP contribution in [-0.2, 0) is 4.79 Å². The lowest BCUT2D eigenvalue weighted by Gasteiger charge is -2.18. The molecule has 1 aromatic rings. The van der Waals surface area contributed by atoms with Crippen molar-refractivity contribution in [2.75, 3.05) is 0 Å². The number of hydrogen-bond donors (Lipinski definition) is 1. The van der Waals surface area contributed by atoms with Crippen molar-refractivity contribution < 1.29 is 13.9 Å². The maximum Gasteiger partial charge on any atom is 0.260 e. The summed E-state index contributed by atoms with van der Waals surface area (Å²) >= 11 is 0. The van der Waals surface area contributed by atoms with E-state index in [1.54, 1.807) is 13.0 Å². The molecular formula is C15H19FN2O2. The van der Waals surface area contributed by atoms with Gasteiger partial charge in [0.05, 0.1) is 5.56 Å². The summed E-state index contributed by atoms with van der Waals surface area (Å²) < 4.78 is 18.8. The van der Waals surface area contributed by atoms with Crippen LogP contribution in [0.2, 0.25) is 0 Å². The Labute approximate surface area is 118 Å². The van der Waals surface area contributed by atoms with Crippen LogP contribution in [0.25, 0.3) is 0 Å². The minimum absolute atomic E-state index is 0.0500. The van der Waals surface area contributed by atoms with Crippen molar-refractivity contribution in [3.05, 3.63) is 29.6 Å². The Balaban J connectivity index is 2.62. The first kappa shape index (κ1) is 16.0. The summed E-state index contributed by atoms with van der Waals surface area (Å²) in [6.45, 7) is 5.57. The van der Waals surface area contributed by atoms with Crippen LogP contribution < -0.4 is 10.1 Å². The molecule has 0 aromatic heterocycles. The van der Waals surface area contributed by atoms with Crippen LogP contribution in [0.3, 0.4) is 0 Å². The van der Waals surface area contributed by atoms with Gasteiger partial charge in [-0.1, -0.05) is 13.3 Å². The number of ether oxygens (including phenoxy) is 1. The van der Waals surface area contributed by atoms with Crippen LogP contribution in [0.4, 0.5) is 4.39 Å². The average Bonchev–Trinajstić information content (AvgIpc) is 2.39. The molecule has 1 N–H and O–H groups in total. The van der Waals surface area contributed by atoms with Gasteiger partial charge in [-0.05, 0) is 32.4 Å². The average molecular weight is 278 g/mol. The molecule has 0 spiro atoms. The highest BCUT2D eigenvalue weighted by atomic mass is 19.1. The van der Waals surface area contributed by atoms with Gasteiger partial charge in [-0.3, -0.25) is 4.79 Å². The number of rotatable bonds is 6. The van der Waals surface area contributed by atoms with Crippen molar-refractivity contribution in [2.24, 2.45) is 0 Å². The molecule has 0 bridgehead atoms. The predicted molar refractivity (Wildman–Crippen MR) is 73.7 cm³/mol. The smallest absolute Gasteiger partial charge is 0.260 e. The molecule has 0 aliphatic carbocycles. The second kappa shape index (κ2) is 7.49. The highest BCUT2D eigenvalue weighted by Crippen LogP contribution is 2.17. The molecule has 4 nitrogen and oxygen atoms in total. The highest BCUT2D eigenvalue weighted by molar-refractivity contribution is 5.80. The highest BCUT2D eigenvalue weighted by Gasteiger charge is 2.17. The molecule has 20 heavy (non-hydrogen) atoms. The van der Waals surface area contributed by atoms with Crippen molar-refractivity contribution in [3.63, 3.8) is 0 Å². The molecule has 0 fully saturated rings. The lowest BCUT2D eigenvalue weighted by atomic mass is 10.2. The zero-order chi connectivity index (χ0) is 15.1. The molecule has 1 amide bonds. The second-order valence-electron chi connectivity index (χ2n) is 4.71. The molecule has 0 saturated carbocycles. The van der Waals surface area contributed by atoms with Crippen molar-refractivity contribution in [3.8, 4) is 11.8 Å². The summed E-state index contributed by atoms with van der Waals surface area (Å²) in [6, 6.07) is 5.72. The first-order valence-electron chi connectivity index (χ1n) is 6.64. The zero-order valence-electron chi connectivity index (χ0n) is 11.9. The SMILES string of the molecule is CCCC(C)NC(=O)C(C)Oc1ccc(C#N)c(F)c1. The lowest BCUT2D eigenvalue weighted by molar-refractivity contribution is -0.127. The predicted octanol–water partition coefficient (Wildman–Crippen LogP) is 2.77. The van der Waals surface area contributed by atoms with Gasteiger partial charge < -0.3 is 10.1 Å². The fourth-order valence-corrected chi connectivity index (χ4v) is 1.78. The topological polar surface area (TPSA) is 62.1 Å². The van der Waals surface area contributed by atoms with E-state index in [-0.39, 0.29) is 23.3 Å². The van der Waals surface area contributed by atoms with Crippen molar-refractivity contribution >= 4 is 5.91 Å². The molecule has 2 unspecified atom stereocenters. The Hall–Kier alpha value is -2.09. The summed E-state index contributed by atoms with van der Waals surface area (Å²) in [5, 5.41) is 11.5. The van der Waals surface area contributed by atoms with E-state index >= 15 is 0 Å². The Morgan fingerprint density at radius 3 is 2.75 bits per heavy atom. The Morgan fingerprint density at radius 1 is 1.50 bits per heavy atom. The summed E-state index contributed by atoms with van der Waals surface area (Å²) in [6.07, 6.45) is 1.16. The van der Waals surface area contributed by atoms with Crippen LogP contribution in [0, 0.1) is 17.1 Å². The number of nitriles is 1. The lowest BCUT2D eigenvalue weighted by Crippen LogP contribution is -2.41. The van der Waals surface area contributed by atoms with Crippen LogP contribution in [0.1, 0.15) is 39.2 Å². The molecule has 0 heterocycles. The molecule has 1 aromatic carbocycles. The number of amides is 1. The first-order valence-corrected chi connectivity index (χ1v) is 6.64. The monoisotopic (exact) mass is 278 g/mol. The minimum atomic E-state index is -0.721. The quantitative estimate of drug-likeness (QED) is 0.870. The van der Waals surface area contributed by atoms with Crippen molar-refractivity contribution in [1.82, 2.24) is 5.32 Å². The summed E-state index contributed by atoms with van der Waals surface area (Å²) in [5.41, 5.74) is -0.0500. The largest absolute Gasteiger partial charge is 0.481 e. The normalized spacial score (nSPS) is 13.2. The zero-order valence-corrected chi connectivity index (χ0v) is 11.9. The fraction of sp³-hybridized carbons (Fsp3) is 0.467. The standard InChI is InChI=1S/C15H19FN2O2/c1-4-5-10(2)18-15(19)11(3)20-13-7-6-12(9-17)14(16)8-13/h6-8,10-11H,4-5H2,1-3H3,(H,18,19). The third-order valence-electron chi connectivity index (χ3n) is 2.85. The Morgan fingerprint density at radius 2 is 2.20 bits per heavy atom. The van der Waals surface area contributed by atoms with E-state index in [4.69, 9.17) is 10.00 Å². The summed E-state index contributed by atoms with van der Waals surface area (Å²) in [5.74, 6) is -0.667. The van der Waals surface area contributed by atoms with Crippen LogP contribution >= 0.6 is 0 Å². The summed E-state index contributed by atoms with van der Waals surface area (Å²) in [4.78, 5) is 11.9. The number of nitrogens with zero attached hydrogens (tertiary/aromatic N) is 1. The Bertz CT molecular complexity index is 511. The molecule has 108 valence electrons. The van der Waals surface area contributed by atoms with Gasteiger partial charge >= 0.3 is 0 Å². The van der Waals surface area contributed by atoms with E-state index in [0.717, 1.165) is 18.9 Å². The van der Waals surface area contributed by atoms with Gasteiger partial charge in [-0.15, -0.1) is 0 Å². The number of benzene rings is 1. The number of carbonyl (C=O) groups is 1. The van der Waals surface area contributed by atoms with Crippen LogP contribution in [0.5, 0.6) is 5.75 Å². The van der Waals surface area contributed by atoms with E-state index in [9.17, 15) is 9.18 Å². The van der Waals surface area contributed by atoms with Crippen molar-refractivity contribution in [2.45, 2.75) is 45.8 Å². The molecule has 0 radical (unpaired) electrons. The van der Waals surface area contributed by atoms with E-state index in [2.05, 4.69) is 5.32 Å². The van der Waals surface area contributed by atoms with Gasteiger partial charge in [0.2, 0.25) is 0 Å². The van der Waals surface area contributed by atoms with E-state index in [0.29, 0.717) is 0 Å². The molecule has 2 atom stereocenters. The first-order chi connectivity index (χ1) is 9.47. The van der Waals surface area contributed by atoms with Crippen molar-refractivity contribution in [1.29, 1.82) is 5.26 Å². The molecule has 0 aliphatic rings. The molecular weight excluding hydrogens is 259 g/mol. The number of carbonyl (C=O) groups excluding carboxylic acids is 1. The van der Waals surface area contributed by atoms with Crippen LogP contribution in [0.15, 0.2) is 18.2 Å². The number of nitrogens with one attached hydrogen (secondary N) is 1. The maximum atomic E-state index is 13.4. The minimum Gasteiger partial charge on any atom is -0.481 e. The van der Waals surface area contributed by atoms with Crippen LogP contribution in [-0.4, -0.2) is 18.1 Å². The van der Waals surface area contributed by atoms with Gasteiger partial charge in [0.15, 0.2) is 6.10 Å². The van der Waals surface area contributed by atoms with E-state index in [1.807, 2.05) is 13.8 Å². The number of halogens is 1. The maximum absolute atomic E-state index is 13.4. The third-order valence-corrected chi connectivity index (χ3v) is 2.85. The molecule has 0 saturated heterocycles. The van der Waals surface area contributed by atoms with Gasteiger partial charge in [0.25, 0.3) is 5.91 Å². The van der Waals surface area contributed by atoms with Gasteiger partial charge in [-0.25, -0.2) is 4.39 Å². The molecule has 1 rings (SSSR count). The van der Waals surface area contributed by atoms with Gasteiger partial charge in [0, 0.05) is 12.1 Å². The van der Waals surface area contributed by atoms with E-state index in [1.165, 1.54) is 12.1 Å². The molecule has 5 heteroatoms. The fourth-order valence-electron chi connectivity index (χ4n) is 1.78. The van der Waals surface area contributed by atoms with Gasteiger partial charge in [0.1, 0.15) is 17.6 Å². The van der Waals surface area contributed by atoms with E-state index < -0.39 is 11.9 Å². The number of hydrogen-bond acceptors (Lipinski definition) is 3.